The molecule has 1 fully saturated rings. The minimum atomic E-state index is -0.241. The maximum atomic E-state index is 13.1. The molecule has 10 heteroatoms. The molecule has 1 amide bonds. The number of rotatable bonds is 6. The molecule has 0 unspecified atom stereocenters. The predicted molar refractivity (Wildman–Crippen MR) is 113 cm³/mol. The quantitative estimate of drug-likeness (QED) is 0.646. The predicted octanol–water partition coefficient (Wildman–Crippen LogP) is 2.87. The number of piperazine rings is 1. The van der Waals surface area contributed by atoms with Gasteiger partial charge in [-0.15, -0.1) is 21.5 Å². The number of aromatic nitrogens is 3. The largest absolute Gasteiger partial charge is 0.299 e. The highest BCUT2D eigenvalue weighted by atomic mass is 32.1. The van der Waals surface area contributed by atoms with Gasteiger partial charge in [0.05, 0.1) is 18.8 Å². The van der Waals surface area contributed by atoms with Crippen molar-refractivity contribution in [1.29, 1.82) is 0 Å². The van der Waals surface area contributed by atoms with Gasteiger partial charge in [0, 0.05) is 37.1 Å². The fraction of sp³-hybridized carbons (Fsp3) is 0.368. The van der Waals surface area contributed by atoms with E-state index in [1.807, 2.05) is 12.3 Å². The van der Waals surface area contributed by atoms with Gasteiger partial charge in [0.2, 0.25) is 11.0 Å². The first-order valence-electron chi connectivity index (χ1n) is 9.30. The highest BCUT2D eigenvalue weighted by molar-refractivity contribution is 7.15. The van der Waals surface area contributed by atoms with E-state index in [1.165, 1.54) is 23.5 Å². The molecule has 0 bridgehead atoms. The van der Waals surface area contributed by atoms with Crippen molar-refractivity contribution in [2.45, 2.75) is 13.5 Å². The zero-order chi connectivity index (χ0) is 20.2. The van der Waals surface area contributed by atoms with E-state index in [9.17, 15) is 9.18 Å². The number of carbonyl (C=O) groups is 1. The summed E-state index contributed by atoms with van der Waals surface area (Å²) in [6.45, 7) is 6.44. The Morgan fingerprint density at radius 1 is 1.14 bits per heavy atom. The Kier molecular flexibility index (Phi) is 6.24. The summed E-state index contributed by atoms with van der Waals surface area (Å²) in [5.74, 6) is -0.298. The number of nitrogens with one attached hydrogen (secondary N) is 1. The van der Waals surface area contributed by atoms with Crippen LogP contribution in [0.25, 0.3) is 11.3 Å². The number of hydrogen-bond donors (Lipinski definition) is 1. The Bertz CT molecular complexity index is 965. The van der Waals surface area contributed by atoms with E-state index in [-0.39, 0.29) is 11.7 Å². The van der Waals surface area contributed by atoms with Crippen LogP contribution in [-0.2, 0) is 11.3 Å². The maximum absolute atomic E-state index is 13.1. The molecule has 1 saturated heterocycles. The zero-order valence-corrected chi connectivity index (χ0v) is 17.6. The van der Waals surface area contributed by atoms with E-state index >= 15 is 0 Å². The van der Waals surface area contributed by atoms with Crippen molar-refractivity contribution in [3.63, 3.8) is 0 Å². The van der Waals surface area contributed by atoms with E-state index in [1.54, 1.807) is 23.5 Å². The second-order valence-electron chi connectivity index (χ2n) is 6.86. The Morgan fingerprint density at radius 2 is 1.86 bits per heavy atom. The number of hydrogen-bond acceptors (Lipinski definition) is 8. The van der Waals surface area contributed by atoms with Crippen LogP contribution in [0.15, 0.2) is 29.6 Å². The standard InChI is InChI=1S/C19H21FN6OS2/c1-13-23-24-19(29-13)22-17(27)10-25-6-8-26(9-7-25)11-18-21-16(12-28-18)14-2-4-15(20)5-3-14/h2-5,12H,6-11H2,1H3,(H,22,24,27). The number of benzene rings is 1. The van der Waals surface area contributed by atoms with Crippen LogP contribution in [0.2, 0.25) is 0 Å². The van der Waals surface area contributed by atoms with Crippen molar-refractivity contribution < 1.29 is 9.18 Å². The molecule has 1 N–H and O–H groups in total. The lowest BCUT2D eigenvalue weighted by Gasteiger charge is -2.33. The van der Waals surface area contributed by atoms with Gasteiger partial charge in [0.1, 0.15) is 15.8 Å². The molecule has 3 heterocycles. The molecular formula is C19H21FN6OS2. The third-order valence-corrected chi connectivity index (χ3v) is 6.24. The Morgan fingerprint density at radius 3 is 2.55 bits per heavy atom. The monoisotopic (exact) mass is 432 g/mol. The second-order valence-corrected chi connectivity index (χ2v) is 8.98. The first kappa shape index (κ1) is 20.0. The molecule has 1 aliphatic rings. The van der Waals surface area contributed by atoms with Crippen molar-refractivity contribution in [3.8, 4) is 11.3 Å². The minimum Gasteiger partial charge on any atom is -0.299 e. The van der Waals surface area contributed by atoms with Crippen LogP contribution in [-0.4, -0.2) is 63.6 Å². The van der Waals surface area contributed by atoms with Gasteiger partial charge in [-0.05, 0) is 31.2 Å². The summed E-state index contributed by atoms with van der Waals surface area (Å²) >= 11 is 3.00. The van der Waals surface area contributed by atoms with E-state index < -0.39 is 0 Å². The fourth-order valence-corrected chi connectivity index (χ4v) is 4.60. The van der Waals surface area contributed by atoms with Gasteiger partial charge < -0.3 is 0 Å². The van der Waals surface area contributed by atoms with Crippen molar-refractivity contribution in [1.82, 2.24) is 25.0 Å². The average molecular weight is 433 g/mol. The van der Waals surface area contributed by atoms with Gasteiger partial charge in [-0.3, -0.25) is 19.9 Å². The number of thiazole rings is 1. The molecule has 2 aromatic heterocycles. The molecule has 3 aromatic rings. The van der Waals surface area contributed by atoms with Gasteiger partial charge in [-0.25, -0.2) is 9.37 Å². The lowest BCUT2D eigenvalue weighted by atomic mass is 10.2. The van der Waals surface area contributed by atoms with E-state index in [4.69, 9.17) is 0 Å². The Hall–Kier alpha value is -2.27. The highest BCUT2D eigenvalue weighted by Gasteiger charge is 2.20. The third kappa shape index (κ3) is 5.41. The Balaban J connectivity index is 1.24. The number of nitrogens with zero attached hydrogens (tertiary/aromatic N) is 5. The first-order chi connectivity index (χ1) is 14.0. The van der Waals surface area contributed by atoms with Gasteiger partial charge >= 0.3 is 0 Å². The van der Waals surface area contributed by atoms with Crippen molar-refractivity contribution in [2.75, 3.05) is 38.0 Å². The summed E-state index contributed by atoms with van der Waals surface area (Å²) < 4.78 is 13.1. The summed E-state index contributed by atoms with van der Waals surface area (Å²) in [5.41, 5.74) is 1.81. The van der Waals surface area contributed by atoms with Crippen molar-refractivity contribution >= 4 is 33.7 Å². The molecule has 152 valence electrons. The fourth-order valence-electron chi connectivity index (χ4n) is 3.14. The minimum absolute atomic E-state index is 0.0570. The Labute approximate surface area is 176 Å². The molecule has 0 aliphatic carbocycles. The van der Waals surface area contributed by atoms with E-state index in [0.29, 0.717) is 11.7 Å². The normalized spacial score (nSPS) is 15.5. The summed E-state index contributed by atoms with van der Waals surface area (Å²) in [6.07, 6.45) is 0. The number of amides is 1. The van der Waals surface area contributed by atoms with Crippen LogP contribution in [0.3, 0.4) is 0 Å². The van der Waals surface area contributed by atoms with Crippen molar-refractivity contribution in [2.24, 2.45) is 0 Å². The van der Waals surface area contributed by atoms with Gasteiger partial charge in [0.15, 0.2) is 0 Å². The number of carbonyl (C=O) groups excluding carboxylic acids is 1. The summed E-state index contributed by atoms with van der Waals surface area (Å²) in [5, 5.41) is 15.1. The molecule has 7 nitrogen and oxygen atoms in total. The zero-order valence-electron chi connectivity index (χ0n) is 16.0. The van der Waals surface area contributed by atoms with Gasteiger partial charge in [-0.2, -0.15) is 0 Å². The average Bonchev–Trinajstić information content (AvgIpc) is 3.33. The smallest absolute Gasteiger partial charge is 0.240 e. The molecule has 4 rings (SSSR count). The summed E-state index contributed by atoms with van der Waals surface area (Å²) in [7, 11) is 0. The molecule has 0 spiro atoms. The SMILES string of the molecule is Cc1nnc(NC(=O)CN2CCN(Cc3nc(-c4ccc(F)cc4)cs3)CC2)s1. The van der Waals surface area contributed by atoms with Crippen LogP contribution in [0.1, 0.15) is 10.0 Å². The summed E-state index contributed by atoms with van der Waals surface area (Å²) in [6, 6.07) is 6.41. The van der Waals surface area contributed by atoms with Crippen LogP contribution < -0.4 is 5.32 Å². The van der Waals surface area contributed by atoms with Gasteiger partial charge in [0.25, 0.3) is 0 Å². The molecule has 29 heavy (non-hydrogen) atoms. The molecule has 1 aromatic carbocycles. The topological polar surface area (TPSA) is 74.2 Å². The number of anilines is 1. The lowest BCUT2D eigenvalue weighted by Crippen LogP contribution is -2.48. The lowest BCUT2D eigenvalue weighted by molar-refractivity contribution is -0.117. The van der Waals surface area contributed by atoms with Crippen LogP contribution in [0.4, 0.5) is 9.52 Å². The van der Waals surface area contributed by atoms with E-state index in [2.05, 4.69) is 30.3 Å². The van der Waals surface area contributed by atoms with Crippen LogP contribution in [0.5, 0.6) is 0 Å². The summed E-state index contributed by atoms with van der Waals surface area (Å²) in [4.78, 5) is 21.3. The van der Waals surface area contributed by atoms with Crippen LogP contribution in [0, 0.1) is 12.7 Å². The maximum Gasteiger partial charge on any atom is 0.240 e. The third-order valence-electron chi connectivity index (χ3n) is 4.66. The molecule has 0 saturated carbocycles. The van der Waals surface area contributed by atoms with Crippen molar-refractivity contribution in [3.05, 3.63) is 45.5 Å². The van der Waals surface area contributed by atoms with Gasteiger partial charge in [-0.1, -0.05) is 11.3 Å². The molecule has 1 aliphatic heterocycles. The number of halogens is 1. The molecular weight excluding hydrogens is 411 g/mol. The molecule has 0 atom stereocenters. The number of aryl methyl sites for hydroxylation is 1. The van der Waals surface area contributed by atoms with E-state index in [0.717, 1.165) is 54.0 Å². The highest BCUT2D eigenvalue weighted by Crippen LogP contribution is 2.23. The molecule has 0 radical (unpaired) electrons. The second kappa shape index (κ2) is 9.04. The first-order valence-corrected chi connectivity index (χ1v) is 11.0. The van der Waals surface area contributed by atoms with Crippen LogP contribution >= 0.6 is 22.7 Å².